The Bertz CT molecular complexity index is 1660. The number of rotatable bonds is 5. The number of aliphatic hydroxyl groups excluding tert-OH is 1. The molecule has 0 spiro atoms. The lowest BCUT2D eigenvalue weighted by Crippen LogP contribution is -2.42. The number of fused-ring (bicyclic) bond motifs is 2. The van der Waals surface area contributed by atoms with Gasteiger partial charge in [0.25, 0.3) is 5.56 Å². The van der Waals surface area contributed by atoms with E-state index in [9.17, 15) is 9.90 Å². The number of pyridine rings is 1. The van der Waals surface area contributed by atoms with Gasteiger partial charge in [-0.15, -0.1) is 0 Å². The van der Waals surface area contributed by atoms with Crippen molar-refractivity contribution < 1.29 is 5.11 Å². The molecule has 0 bridgehead atoms. The van der Waals surface area contributed by atoms with Gasteiger partial charge in [-0.3, -0.25) is 14.5 Å². The van der Waals surface area contributed by atoms with Crippen LogP contribution in [-0.4, -0.2) is 33.0 Å². The van der Waals surface area contributed by atoms with E-state index < -0.39 is 0 Å². The highest BCUT2D eigenvalue weighted by atomic mass is 16.3. The molecule has 35 heavy (non-hydrogen) atoms. The van der Waals surface area contributed by atoms with Crippen LogP contribution >= 0.6 is 0 Å². The van der Waals surface area contributed by atoms with Crippen LogP contribution in [0.2, 0.25) is 0 Å². The Morgan fingerprint density at radius 1 is 0.971 bits per heavy atom. The standard InChI is InChI=1S/C29H26N4O2/c34-16-25-23(19-7-9-26-21(11-19)15-31-32-26)2-1-3-27(25)33-28(22-13-30-14-22)12-20-10-18(17-4-5-17)6-8-24(20)29(33)35/h1-3,6-12,15,17,22,30,34H,4-5,13-14,16H2,(H,31,32). The minimum atomic E-state index is -0.164. The van der Waals surface area contributed by atoms with Crippen molar-refractivity contribution in [3.05, 3.63) is 94.0 Å². The van der Waals surface area contributed by atoms with E-state index in [-0.39, 0.29) is 18.1 Å². The molecule has 2 aromatic heterocycles. The molecule has 3 aromatic carbocycles. The number of aromatic amines is 1. The molecule has 6 nitrogen and oxygen atoms in total. The second-order valence-electron chi connectivity index (χ2n) is 9.82. The third kappa shape index (κ3) is 3.32. The molecular weight excluding hydrogens is 436 g/mol. The van der Waals surface area contributed by atoms with Gasteiger partial charge in [-0.05, 0) is 71.2 Å². The Morgan fingerprint density at radius 2 is 1.86 bits per heavy atom. The molecule has 0 amide bonds. The lowest BCUT2D eigenvalue weighted by molar-refractivity contribution is 0.282. The van der Waals surface area contributed by atoms with Crippen molar-refractivity contribution in [1.29, 1.82) is 0 Å². The van der Waals surface area contributed by atoms with Crippen molar-refractivity contribution in [2.24, 2.45) is 0 Å². The smallest absolute Gasteiger partial charge is 0.263 e. The Labute approximate surface area is 202 Å². The number of aromatic nitrogens is 3. The second-order valence-corrected chi connectivity index (χ2v) is 9.82. The highest BCUT2D eigenvalue weighted by Gasteiger charge is 2.27. The molecule has 1 saturated heterocycles. The Hall–Kier alpha value is -3.74. The van der Waals surface area contributed by atoms with Crippen LogP contribution < -0.4 is 10.9 Å². The predicted octanol–water partition coefficient (Wildman–Crippen LogP) is 4.59. The largest absolute Gasteiger partial charge is 0.392 e. The Balaban J connectivity index is 1.46. The lowest BCUT2D eigenvalue weighted by Gasteiger charge is -2.31. The summed E-state index contributed by atoms with van der Waals surface area (Å²) in [7, 11) is 0. The van der Waals surface area contributed by atoms with E-state index in [2.05, 4.69) is 39.8 Å². The van der Waals surface area contributed by atoms with Crippen LogP contribution in [0.3, 0.4) is 0 Å². The minimum absolute atomic E-state index is 0.0242. The van der Waals surface area contributed by atoms with E-state index in [1.165, 1.54) is 18.4 Å². The van der Waals surface area contributed by atoms with Crippen molar-refractivity contribution in [2.45, 2.75) is 31.3 Å². The van der Waals surface area contributed by atoms with Gasteiger partial charge >= 0.3 is 0 Å². The van der Waals surface area contributed by atoms with Crippen LogP contribution in [0.4, 0.5) is 0 Å². The maximum Gasteiger partial charge on any atom is 0.263 e. The van der Waals surface area contributed by atoms with E-state index >= 15 is 0 Å². The molecule has 7 rings (SSSR count). The molecule has 6 heteroatoms. The molecule has 0 unspecified atom stereocenters. The molecule has 5 aromatic rings. The summed E-state index contributed by atoms with van der Waals surface area (Å²) in [4.78, 5) is 14.0. The maximum atomic E-state index is 14.0. The van der Waals surface area contributed by atoms with Gasteiger partial charge in [0.2, 0.25) is 0 Å². The quantitative estimate of drug-likeness (QED) is 0.357. The zero-order valence-electron chi connectivity index (χ0n) is 19.3. The normalized spacial score (nSPS) is 16.1. The van der Waals surface area contributed by atoms with Gasteiger partial charge in [-0.1, -0.05) is 30.3 Å². The second kappa shape index (κ2) is 7.90. The zero-order chi connectivity index (χ0) is 23.5. The van der Waals surface area contributed by atoms with Gasteiger partial charge < -0.3 is 10.4 Å². The average molecular weight is 463 g/mol. The molecule has 2 aliphatic rings. The van der Waals surface area contributed by atoms with Crippen molar-refractivity contribution >= 4 is 21.7 Å². The fourth-order valence-corrected chi connectivity index (χ4v) is 5.41. The van der Waals surface area contributed by atoms with Crippen LogP contribution in [0, 0.1) is 0 Å². The van der Waals surface area contributed by atoms with Crippen molar-refractivity contribution in [2.75, 3.05) is 13.1 Å². The highest BCUT2D eigenvalue weighted by molar-refractivity contribution is 5.86. The zero-order valence-corrected chi connectivity index (χ0v) is 19.3. The van der Waals surface area contributed by atoms with Crippen molar-refractivity contribution in [1.82, 2.24) is 20.1 Å². The molecule has 0 atom stereocenters. The summed E-state index contributed by atoms with van der Waals surface area (Å²) in [5.74, 6) is 0.898. The van der Waals surface area contributed by atoms with Crippen LogP contribution in [-0.2, 0) is 6.61 Å². The Kier molecular flexibility index (Phi) is 4.65. The monoisotopic (exact) mass is 462 g/mol. The summed E-state index contributed by atoms with van der Waals surface area (Å²) in [6.45, 7) is 1.53. The van der Waals surface area contributed by atoms with Crippen LogP contribution in [0.15, 0.2) is 71.7 Å². The number of H-pyrrole nitrogens is 1. The summed E-state index contributed by atoms with van der Waals surface area (Å²) in [6, 6.07) is 20.5. The topological polar surface area (TPSA) is 82.9 Å². The van der Waals surface area contributed by atoms with E-state index in [4.69, 9.17) is 0 Å². The molecule has 3 heterocycles. The van der Waals surface area contributed by atoms with Gasteiger partial charge in [0, 0.05) is 41.0 Å². The SMILES string of the molecule is O=c1c2ccc(C3CC3)cc2cc(C2CNC2)n1-c1cccc(-c2ccc3[nH]ncc3c2)c1CO. The number of nitrogens with zero attached hydrogens (tertiary/aromatic N) is 2. The first-order valence-corrected chi connectivity index (χ1v) is 12.3. The van der Waals surface area contributed by atoms with Gasteiger partial charge in [0.1, 0.15) is 0 Å². The first kappa shape index (κ1) is 20.6. The summed E-state index contributed by atoms with van der Waals surface area (Å²) in [5.41, 5.74) is 6.68. The molecule has 174 valence electrons. The molecule has 1 aliphatic carbocycles. The van der Waals surface area contributed by atoms with E-state index in [1.54, 1.807) is 6.20 Å². The average Bonchev–Trinajstić information content (AvgIpc) is 3.59. The van der Waals surface area contributed by atoms with E-state index in [0.29, 0.717) is 5.92 Å². The molecular formula is C29H26N4O2. The van der Waals surface area contributed by atoms with Gasteiger partial charge in [-0.2, -0.15) is 5.10 Å². The Morgan fingerprint density at radius 3 is 2.63 bits per heavy atom. The third-order valence-corrected chi connectivity index (χ3v) is 7.62. The minimum Gasteiger partial charge on any atom is -0.392 e. The van der Waals surface area contributed by atoms with Crippen LogP contribution in [0.1, 0.15) is 41.5 Å². The van der Waals surface area contributed by atoms with Crippen molar-refractivity contribution in [3.8, 4) is 16.8 Å². The fraction of sp³-hybridized carbons (Fsp3) is 0.241. The predicted molar refractivity (Wildman–Crippen MR) is 138 cm³/mol. The molecule has 0 radical (unpaired) electrons. The summed E-state index contributed by atoms with van der Waals surface area (Å²) in [5, 5.41) is 23.8. The van der Waals surface area contributed by atoms with Crippen LogP contribution in [0.25, 0.3) is 38.5 Å². The summed E-state index contributed by atoms with van der Waals surface area (Å²) >= 11 is 0. The molecule has 1 aliphatic heterocycles. The molecule has 1 saturated carbocycles. The summed E-state index contributed by atoms with van der Waals surface area (Å²) < 4.78 is 1.84. The third-order valence-electron chi connectivity index (χ3n) is 7.62. The number of aliphatic hydroxyl groups is 1. The van der Waals surface area contributed by atoms with Gasteiger partial charge in [0.05, 0.1) is 24.0 Å². The number of hydrogen-bond acceptors (Lipinski definition) is 4. The lowest BCUT2D eigenvalue weighted by atomic mass is 9.93. The number of benzene rings is 3. The first-order valence-electron chi connectivity index (χ1n) is 12.3. The maximum absolute atomic E-state index is 14.0. The van der Waals surface area contributed by atoms with Gasteiger partial charge in [-0.25, -0.2) is 0 Å². The fourth-order valence-electron chi connectivity index (χ4n) is 5.41. The summed E-state index contributed by atoms with van der Waals surface area (Å²) in [6.07, 6.45) is 4.27. The number of nitrogens with one attached hydrogen (secondary N) is 2. The highest BCUT2D eigenvalue weighted by Crippen LogP contribution is 2.41. The van der Waals surface area contributed by atoms with Crippen LogP contribution in [0.5, 0.6) is 0 Å². The van der Waals surface area contributed by atoms with Crippen molar-refractivity contribution in [3.63, 3.8) is 0 Å². The number of hydrogen-bond donors (Lipinski definition) is 3. The molecule has 3 N–H and O–H groups in total. The first-order chi connectivity index (χ1) is 17.2. The van der Waals surface area contributed by atoms with E-state index in [0.717, 1.165) is 62.8 Å². The molecule has 2 fully saturated rings. The van der Waals surface area contributed by atoms with E-state index in [1.807, 2.05) is 41.0 Å². The van der Waals surface area contributed by atoms with Gasteiger partial charge in [0.15, 0.2) is 0 Å².